The van der Waals surface area contributed by atoms with Gasteiger partial charge in [-0.3, -0.25) is 4.48 Å². The molecule has 0 aromatic heterocycles. The Labute approximate surface area is 93.1 Å². The molecule has 0 aliphatic heterocycles. The first-order valence-corrected chi connectivity index (χ1v) is 4.50. The minimum atomic E-state index is 0. The van der Waals surface area contributed by atoms with Crippen LogP contribution in [-0.4, -0.2) is 21.1 Å². The zero-order valence-electron chi connectivity index (χ0n) is 9.34. The Balaban J connectivity index is 0.00000169. The quantitative estimate of drug-likeness (QED) is 0.597. The lowest BCUT2D eigenvalue weighted by Gasteiger charge is -2.25. The van der Waals surface area contributed by atoms with Crippen LogP contribution in [0.2, 0.25) is 0 Å². The molecule has 1 rings (SSSR count). The summed E-state index contributed by atoms with van der Waals surface area (Å²) in [5, 5.41) is 0. The molecular weight excluding hydrogens is 194 g/mol. The summed E-state index contributed by atoms with van der Waals surface area (Å²) < 4.78 is 0.855. The summed E-state index contributed by atoms with van der Waals surface area (Å²) in [5.41, 5.74) is 3.86. The molecule has 0 aliphatic rings. The molecule has 1 nitrogen and oxygen atoms in total. The maximum atomic E-state index is 3.78. The van der Waals surface area contributed by atoms with Crippen LogP contribution in [0.3, 0.4) is 0 Å². The molecule has 0 amide bonds. The molecule has 0 saturated heterocycles. The van der Waals surface area contributed by atoms with Gasteiger partial charge in [0.25, 0.3) is 0 Å². The summed E-state index contributed by atoms with van der Waals surface area (Å²) in [6, 6.07) is 6.44. The van der Waals surface area contributed by atoms with E-state index in [1.807, 2.05) is 6.08 Å². The van der Waals surface area contributed by atoms with Crippen molar-refractivity contribution in [1.82, 2.24) is 4.48 Å². The van der Waals surface area contributed by atoms with E-state index >= 15 is 0 Å². The minimum Gasteiger partial charge on any atom is -1.00 e. The summed E-state index contributed by atoms with van der Waals surface area (Å²) in [6.07, 6.45) is 1.89. The second kappa shape index (κ2) is 4.63. The molecule has 0 spiro atoms. The van der Waals surface area contributed by atoms with Crippen molar-refractivity contribution < 1.29 is 12.4 Å². The van der Waals surface area contributed by atoms with E-state index < -0.39 is 0 Å². The van der Waals surface area contributed by atoms with Gasteiger partial charge >= 0.3 is 0 Å². The van der Waals surface area contributed by atoms with Crippen LogP contribution in [0.1, 0.15) is 11.1 Å². The monoisotopic (exact) mass is 211 g/mol. The number of benzene rings is 1. The fourth-order valence-corrected chi connectivity index (χ4v) is 1.48. The zero-order valence-corrected chi connectivity index (χ0v) is 10.1. The lowest BCUT2D eigenvalue weighted by Crippen LogP contribution is -3.00. The Kier molecular flexibility index (Phi) is 4.37. The molecule has 2 heteroatoms. The molecule has 0 heterocycles. The molecule has 0 N–H and O–H groups in total. The second-order valence-corrected chi connectivity index (χ2v) is 4.26. The van der Waals surface area contributed by atoms with Gasteiger partial charge in [-0.25, -0.2) is 0 Å². The Morgan fingerprint density at radius 3 is 2.21 bits per heavy atom. The molecule has 1 aromatic carbocycles. The number of hydrogen-bond acceptors (Lipinski definition) is 0. The number of hydrogen-bond donors (Lipinski definition) is 0. The van der Waals surface area contributed by atoms with E-state index in [0.29, 0.717) is 0 Å². The highest BCUT2D eigenvalue weighted by Crippen LogP contribution is 2.23. The van der Waals surface area contributed by atoms with Crippen LogP contribution in [0.15, 0.2) is 24.8 Å². The Hall–Kier alpha value is -0.790. The molecule has 0 aliphatic carbocycles. The van der Waals surface area contributed by atoms with Gasteiger partial charge in [0.1, 0.15) is 5.69 Å². The molecule has 0 radical (unpaired) electrons. The van der Waals surface area contributed by atoms with Crippen LogP contribution in [0.25, 0.3) is 6.08 Å². The number of nitrogens with zero attached hydrogens (tertiary/aromatic N) is 1. The normalized spacial score (nSPS) is 10.6. The third-order valence-electron chi connectivity index (χ3n) is 2.19. The Morgan fingerprint density at radius 1 is 1.21 bits per heavy atom. The average molecular weight is 212 g/mol. The van der Waals surface area contributed by atoms with E-state index in [-0.39, 0.29) is 12.4 Å². The van der Waals surface area contributed by atoms with Crippen LogP contribution < -0.4 is 16.9 Å². The second-order valence-electron chi connectivity index (χ2n) is 4.26. The van der Waals surface area contributed by atoms with Crippen molar-refractivity contribution in [3.8, 4) is 0 Å². The van der Waals surface area contributed by atoms with Crippen molar-refractivity contribution >= 4 is 11.8 Å². The largest absolute Gasteiger partial charge is 1.00 e. The summed E-state index contributed by atoms with van der Waals surface area (Å²) in [7, 11) is 6.53. The zero-order chi connectivity index (χ0) is 10.1. The Morgan fingerprint density at radius 2 is 1.79 bits per heavy atom. The van der Waals surface area contributed by atoms with Crippen molar-refractivity contribution in [3.05, 3.63) is 35.9 Å². The van der Waals surface area contributed by atoms with Crippen molar-refractivity contribution in [2.45, 2.75) is 6.92 Å². The molecule has 14 heavy (non-hydrogen) atoms. The number of quaternary nitrogens is 1. The highest BCUT2D eigenvalue weighted by Gasteiger charge is 2.14. The van der Waals surface area contributed by atoms with Crippen LogP contribution in [0.4, 0.5) is 5.69 Å². The molecule has 78 valence electrons. The van der Waals surface area contributed by atoms with Crippen molar-refractivity contribution in [2.24, 2.45) is 0 Å². The van der Waals surface area contributed by atoms with E-state index in [2.05, 4.69) is 52.8 Å². The fourth-order valence-electron chi connectivity index (χ4n) is 1.48. The Bertz CT molecular complexity index is 324. The van der Waals surface area contributed by atoms with Gasteiger partial charge in [-0.2, -0.15) is 0 Å². The number of halogens is 1. The lowest BCUT2D eigenvalue weighted by atomic mass is 10.1. The predicted octanol–water partition coefficient (Wildman–Crippen LogP) is -0.161. The van der Waals surface area contributed by atoms with Gasteiger partial charge in [-0.1, -0.05) is 24.8 Å². The van der Waals surface area contributed by atoms with E-state index in [4.69, 9.17) is 0 Å². The fraction of sp³-hybridized carbons (Fsp3) is 0.333. The average Bonchev–Trinajstić information content (AvgIpc) is 2.03. The molecule has 0 bridgehead atoms. The SMILES string of the molecule is C=Cc1ccc(C)c([N+](C)(C)C)c1.[Cl-]. The van der Waals surface area contributed by atoms with Gasteiger partial charge in [0.2, 0.25) is 0 Å². The molecule has 0 unspecified atom stereocenters. The molecular formula is C12H18ClN. The van der Waals surface area contributed by atoms with Gasteiger partial charge in [0.05, 0.1) is 21.1 Å². The van der Waals surface area contributed by atoms with E-state index in [1.54, 1.807) is 0 Å². The highest BCUT2D eigenvalue weighted by atomic mass is 35.5. The van der Waals surface area contributed by atoms with Crippen LogP contribution in [-0.2, 0) is 0 Å². The first-order chi connectivity index (χ1) is 5.95. The molecule has 0 saturated carbocycles. The van der Waals surface area contributed by atoms with Gasteiger partial charge in [0, 0.05) is 11.6 Å². The molecule has 1 aromatic rings. The predicted molar refractivity (Wildman–Crippen MR) is 60.8 cm³/mol. The number of rotatable bonds is 2. The minimum absolute atomic E-state index is 0. The smallest absolute Gasteiger partial charge is 0.135 e. The van der Waals surface area contributed by atoms with E-state index in [1.165, 1.54) is 16.8 Å². The maximum absolute atomic E-state index is 3.78. The summed E-state index contributed by atoms with van der Waals surface area (Å²) in [4.78, 5) is 0. The van der Waals surface area contributed by atoms with Crippen molar-refractivity contribution in [2.75, 3.05) is 21.1 Å². The van der Waals surface area contributed by atoms with Gasteiger partial charge in [-0.15, -0.1) is 0 Å². The van der Waals surface area contributed by atoms with E-state index in [0.717, 1.165) is 4.48 Å². The maximum Gasteiger partial charge on any atom is 0.135 e. The van der Waals surface area contributed by atoms with Gasteiger partial charge < -0.3 is 12.4 Å². The standard InChI is InChI=1S/C12H18N.ClH/c1-6-11-8-7-10(2)12(9-11)13(3,4)5;/h6-9H,1H2,2-5H3;1H/q+1;/p-1. The summed E-state index contributed by atoms with van der Waals surface area (Å²) >= 11 is 0. The topological polar surface area (TPSA) is 0 Å². The molecule has 0 atom stereocenters. The first-order valence-electron chi connectivity index (χ1n) is 4.50. The molecule has 0 fully saturated rings. The van der Waals surface area contributed by atoms with Crippen LogP contribution in [0, 0.1) is 6.92 Å². The van der Waals surface area contributed by atoms with Gasteiger partial charge in [0.15, 0.2) is 0 Å². The van der Waals surface area contributed by atoms with Crippen LogP contribution in [0.5, 0.6) is 0 Å². The highest BCUT2D eigenvalue weighted by molar-refractivity contribution is 5.58. The van der Waals surface area contributed by atoms with E-state index in [9.17, 15) is 0 Å². The van der Waals surface area contributed by atoms with Crippen molar-refractivity contribution in [3.63, 3.8) is 0 Å². The lowest BCUT2D eigenvalue weighted by molar-refractivity contribution is -0.00000303. The summed E-state index contributed by atoms with van der Waals surface area (Å²) in [6.45, 7) is 5.92. The van der Waals surface area contributed by atoms with Crippen LogP contribution >= 0.6 is 0 Å². The summed E-state index contributed by atoms with van der Waals surface area (Å²) in [5.74, 6) is 0. The van der Waals surface area contributed by atoms with Gasteiger partial charge in [-0.05, 0) is 12.5 Å². The number of aryl methyl sites for hydroxylation is 1. The third kappa shape index (κ3) is 2.86. The third-order valence-corrected chi connectivity index (χ3v) is 2.19. The van der Waals surface area contributed by atoms with Crippen molar-refractivity contribution in [1.29, 1.82) is 0 Å². The first kappa shape index (κ1) is 13.2.